The number of hydrogen-bond donors (Lipinski definition) is 0. The molecule has 1 amide bonds. The van der Waals surface area contributed by atoms with Crippen molar-refractivity contribution in [3.8, 4) is 0 Å². The fraction of sp³-hybridized carbons (Fsp3) is 0.235. The molecule has 2 aromatic carbocycles. The van der Waals surface area contributed by atoms with Gasteiger partial charge in [0.2, 0.25) is 0 Å². The van der Waals surface area contributed by atoms with Gasteiger partial charge in [0.25, 0.3) is 5.91 Å². The summed E-state index contributed by atoms with van der Waals surface area (Å²) < 4.78 is 0. The van der Waals surface area contributed by atoms with E-state index in [1.54, 1.807) is 4.90 Å². The van der Waals surface area contributed by atoms with Crippen molar-refractivity contribution in [1.82, 2.24) is 4.90 Å². The van der Waals surface area contributed by atoms with Crippen molar-refractivity contribution in [1.29, 1.82) is 0 Å². The van der Waals surface area contributed by atoms with E-state index in [2.05, 4.69) is 15.9 Å². The second kappa shape index (κ2) is 6.71. The Morgan fingerprint density at radius 3 is 2.25 bits per heavy atom. The number of benzene rings is 2. The van der Waals surface area contributed by atoms with Crippen molar-refractivity contribution >= 4 is 21.8 Å². The topological polar surface area (TPSA) is 20.3 Å². The smallest absolute Gasteiger partial charge is 0.254 e. The Morgan fingerprint density at radius 1 is 1.10 bits per heavy atom. The molecule has 0 aromatic heterocycles. The standard InChI is InChI=1S/C17H18BrNO/c1-13(15-6-4-3-5-7-15)19(2)17(20)16-10-8-14(12-18)9-11-16/h3-11,13H,12H2,1-2H3. The van der Waals surface area contributed by atoms with Crippen molar-refractivity contribution in [2.24, 2.45) is 0 Å². The molecule has 3 heteroatoms. The predicted octanol–water partition coefficient (Wildman–Crippen LogP) is 4.41. The van der Waals surface area contributed by atoms with Gasteiger partial charge in [-0.25, -0.2) is 0 Å². The Morgan fingerprint density at radius 2 is 1.70 bits per heavy atom. The molecule has 104 valence electrons. The first kappa shape index (κ1) is 14.8. The van der Waals surface area contributed by atoms with Gasteiger partial charge in [0.1, 0.15) is 0 Å². The summed E-state index contributed by atoms with van der Waals surface area (Å²) in [5.74, 6) is 0.0440. The highest BCUT2D eigenvalue weighted by molar-refractivity contribution is 9.08. The molecule has 0 aliphatic heterocycles. The van der Waals surface area contributed by atoms with Crippen LogP contribution in [0.1, 0.15) is 34.5 Å². The Labute approximate surface area is 128 Å². The Hall–Kier alpha value is -1.61. The molecule has 0 radical (unpaired) electrons. The van der Waals surface area contributed by atoms with Crippen LogP contribution in [0.2, 0.25) is 0 Å². The van der Waals surface area contributed by atoms with Gasteiger partial charge in [-0.3, -0.25) is 4.79 Å². The largest absolute Gasteiger partial charge is 0.335 e. The lowest BCUT2D eigenvalue weighted by molar-refractivity contribution is 0.0742. The highest BCUT2D eigenvalue weighted by Crippen LogP contribution is 2.20. The fourth-order valence-corrected chi connectivity index (χ4v) is 2.44. The van der Waals surface area contributed by atoms with Gasteiger partial charge in [-0.2, -0.15) is 0 Å². The molecule has 2 aromatic rings. The van der Waals surface area contributed by atoms with Crippen LogP contribution in [0, 0.1) is 0 Å². The molecule has 0 N–H and O–H groups in total. The van der Waals surface area contributed by atoms with E-state index in [1.165, 1.54) is 5.56 Å². The van der Waals surface area contributed by atoms with Crippen LogP contribution in [0.5, 0.6) is 0 Å². The van der Waals surface area contributed by atoms with Gasteiger partial charge in [-0.1, -0.05) is 58.4 Å². The third kappa shape index (κ3) is 3.28. The summed E-state index contributed by atoms with van der Waals surface area (Å²) in [4.78, 5) is 14.2. The number of hydrogen-bond acceptors (Lipinski definition) is 1. The highest BCUT2D eigenvalue weighted by atomic mass is 79.9. The van der Waals surface area contributed by atoms with E-state index < -0.39 is 0 Å². The zero-order chi connectivity index (χ0) is 14.5. The fourth-order valence-electron chi connectivity index (χ4n) is 2.07. The molecule has 0 aliphatic rings. The van der Waals surface area contributed by atoms with Gasteiger partial charge >= 0.3 is 0 Å². The van der Waals surface area contributed by atoms with Gasteiger partial charge in [0, 0.05) is 17.9 Å². The van der Waals surface area contributed by atoms with E-state index in [0.29, 0.717) is 0 Å². The summed E-state index contributed by atoms with van der Waals surface area (Å²) in [6.45, 7) is 2.04. The average Bonchev–Trinajstić information content (AvgIpc) is 2.53. The van der Waals surface area contributed by atoms with Gasteiger partial charge in [0.05, 0.1) is 6.04 Å². The molecular formula is C17H18BrNO. The van der Waals surface area contributed by atoms with Gasteiger partial charge in [-0.05, 0) is 30.2 Å². The summed E-state index contributed by atoms with van der Waals surface area (Å²) in [5.41, 5.74) is 3.03. The zero-order valence-electron chi connectivity index (χ0n) is 11.7. The number of nitrogens with zero attached hydrogens (tertiary/aromatic N) is 1. The number of carbonyl (C=O) groups excluding carboxylic acids is 1. The molecule has 0 heterocycles. The van der Waals surface area contributed by atoms with E-state index in [-0.39, 0.29) is 11.9 Å². The van der Waals surface area contributed by atoms with Gasteiger partial charge in [0.15, 0.2) is 0 Å². The molecule has 1 unspecified atom stereocenters. The van der Waals surface area contributed by atoms with Crippen LogP contribution in [0.15, 0.2) is 54.6 Å². The lowest BCUT2D eigenvalue weighted by Crippen LogP contribution is -2.29. The summed E-state index contributed by atoms with van der Waals surface area (Å²) in [5, 5.41) is 0.803. The Balaban J connectivity index is 2.15. The van der Waals surface area contributed by atoms with Crippen molar-refractivity contribution in [2.75, 3.05) is 7.05 Å². The quantitative estimate of drug-likeness (QED) is 0.759. The second-order valence-corrected chi connectivity index (χ2v) is 5.39. The van der Waals surface area contributed by atoms with Crippen molar-refractivity contribution in [2.45, 2.75) is 18.3 Å². The van der Waals surface area contributed by atoms with Crippen LogP contribution in [0.4, 0.5) is 0 Å². The Bertz CT molecular complexity index is 565. The van der Waals surface area contributed by atoms with Gasteiger partial charge in [-0.15, -0.1) is 0 Å². The lowest BCUT2D eigenvalue weighted by atomic mass is 10.1. The second-order valence-electron chi connectivity index (χ2n) is 4.83. The molecule has 2 nitrogen and oxygen atoms in total. The minimum Gasteiger partial charge on any atom is -0.335 e. The summed E-state index contributed by atoms with van der Waals surface area (Å²) in [7, 11) is 1.85. The summed E-state index contributed by atoms with van der Waals surface area (Å²) in [6, 6.07) is 17.8. The minimum atomic E-state index is 0.0440. The maximum absolute atomic E-state index is 12.5. The van der Waals surface area contributed by atoms with Crippen LogP contribution >= 0.6 is 15.9 Å². The third-order valence-electron chi connectivity index (χ3n) is 3.54. The molecule has 0 aliphatic carbocycles. The van der Waals surface area contributed by atoms with E-state index in [4.69, 9.17) is 0 Å². The predicted molar refractivity (Wildman–Crippen MR) is 86.0 cm³/mol. The maximum Gasteiger partial charge on any atom is 0.254 e. The summed E-state index contributed by atoms with van der Waals surface area (Å²) in [6.07, 6.45) is 0. The first-order valence-electron chi connectivity index (χ1n) is 6.60. The van der Waals surface area contributed by atoms with Crippen molar-refractivity contribution in [3.63, 3.8) is 0 Å². The molecule has 2 rings (SSSR count). The number of rotatable bonds is 4. The highest BCUT2D eigenvalue weighted by Gasteiger charge is 2.18. The zero-order valence-corrected chi connectivity index (χ0v) is 13.3. The van der Waals surface area contributed by atoms with Crippen LogP contribution in [0.25, 0.3) is 0 Å². The normalized spacial score (nSPS) is 11.9. The van der Waals surface area contributed by atoms with Gasteiger partial charge < -0.3 is 4.90 Å². The summed E-state index contributed by atoms with van der Waals surface area (Å²) >= 11 is 3.41. The number of alkyl halides is 1. The minimum absolute atomic E-state index is 0.0440. The molecule has 0 bridgehead atoms. The SMILES string of the molecule is CC(c1ccccc1)N(C)C(=O)c1ccc(CBr)cc1. The monoisotopic (exact) mass is 331 g/mol. The first-order valence-corrected chi connectivity index (χ1v) is 7.72. The van der Waals surface area contributed by atoms with Crippen molar-refractivity contribution in [3.05, 3.63) is 71.3 Å². The van der Waals surface area contributed by atoms with Crippen molar-refractivity contribution < 1.29 is 4.79 Å². The van der Waals surface area contributed by atoms with Crippen LogP contribution in [-0.4, -0.2) is 17.9 Å². The Kier molecular flexibility index (Phi) is 4.96. The van der Waals surface area contributed by atoms with E-state index in [0.717, 1.165) is 16.5 Å². The van der Waals surface area contributed by atoms with Crippen LogP contribution in [-0.2, 0) is 5.33 Å². The number of carbonyl (C=O) groups is 1. The van der Waals surface area contributed by atoms with E-state index in [1.807, 2.05) is 68.6 Å². The number of halogens is 1. The molecule has 20 heavy (non-hydrogen) atoms. The molecule has 0 fully saturated rings. The molecular weight excluding hydrogens is 314 g/mol. The van der Waals surface area contributed by atoms with E-state index >= 15 is 0 Å². The average molecular weight is 332 g/mol. The molecule has 0 saturated heterocycles. The molecule has 1 atom stereocenters. The first-order chi connectivity index (χ1) is 9.63. The lowest BCUT2D eigenvalue weighted by Gasteiger charge is -2.25. The third-order valence-corrected chi connectivity index (χ3v) is 4.19. The van der Waals surface area contributed by atoms with E-state index in [9.17, 15) is 4.79 Å². The number of amides is 1. The van der Waals surface area contributed by atoms with Crippen LogP contribution in [0.3, 0.4) is 0 Å². The molecule has 0 spiro atoms. The maximum atomic E-state index is 12.5. The van der Waals surface area contributed by atoms with Crippen LogP contribution < -0.4 is 0 Å². The molecule has 0 saturated carbocycles.